The SMILES string of the molecule is CCNC(CCc1nccn1C)C1Cc2ccccc2O1. The Morgan fingerprint density at radius 3 is 3.00 bits per heavy atom. The summed E-state index contributed by atoms with van der Waals surface area (Å²) in [6.07, 6.45) is 7.09. The van der Waals surface area contributed by atoms with Gasteiger partial charge in [0.25, 0.3) is 0 Å². The normalized spacial score (nSPS) is 18.3. The van der Waals surface area contributed by atoms with E-state index in [1.165, 1.54) is 5.56 Å². The molecule has 112 valence electrons. The lowest BCUT2D eigenvalue weighted by Crippen LogP contribution is -2.42. The van der Waals surface area contributed by atoms with Crippen molar-refractivity contribution in [3.05, 3.63) is 48.0 Å². The van der Waals surface area contributed by atoms with Crippen LogP contribution in [0.5, 0.6) is 5.75 Å². The first-order valence-corrected chi connectivity index (χ1v) is 7.72. The fourth-order valence-electron chi connectivity index (χ4n) is 3.04. The minimum Gasteiger partial charge on any atom is -0.488 e. The summed E-state index contributed by atoms with van der Waals surface area (Å²) in [6.45, 7) is 3.11. The molecule has 1 N–H and O–H groups in total. The minimum atomic E-state index is 0.225. The highest BCUT2D eigenvalue weighted by Crippen LogP contribution is 2.30. The molecule has 0 aliphatic carbocycles. The summed E-state index contributed by atoms with van der Waals surface area (Å²) in [4.78, 5) is 4.41. The molecule has 2 heterocycles. The van der Waals surface area contributed by atoms with Crippen LogP contribution in [0.2, 0.25) is 0 Å². The van der Waals surface area contributed by atoms with E-state index < -0.39 is 0 Å². The first-order chi connectivity index (χ1) is 10.3. The molecule has 2 aromatic rings. The van der Waals surface area contributed by atoms with Crippen molar-refractivity contribution in [1.82, 2.24) is 14.9 Å². The number of hydrogen-bond acceptors (Lipinski definition) is 3. The summed E-state index contributed by atoms with van der Waals surface area (Å²) in [5.74, 6) is 2.18. The topological polar surface area (TPSA) is 39.1 Å². The third-order valence-corrected chi connectivity index (χ3v) is 4.19. The molecule has 2 atom stereocenters. The van der Waals surface area contributed by atoms with Crippen LogP contribution in [0, 0.1) is 0 Å². The van der Waals surface area contributed by atoms with Gasteiger partial charge in [-0.15, -0.1) is 0 Å². The summed E-state index contributed by atoms with van der Waals surface area (Å²) in [6, 6.07) is 8.71. The number of hydrogen-bond donors (Lipinski definition) is 1. The van der Waals surface area contributed by atoms with Gasteiger partial charge in [-0.3, -0.25) is 0 Å². The zero-order chi connectivity index (χ0) is 14.7. The lowest BCUT2D eigenvalue weighted by molar-refractivity contribution is 0.172. The maximum atomic E-state index is 6.13. The van der Waals surface area contributed by atoms with Crippen molar-refractivity contribution in [1.29, 1.82) is 0 Å². The third-order valence-electron chi connectivity index (χ3n) is 4.19. The number of para-hydroxylation sites is 1. The fraction of sp³-hybridized carbons (Fsp3) is 0.471. The van der Waals surface area contributed by atoms with Crippen LogP contribution in [0.3, 0.4) is 0 Å². The molecule has 0 fully saturated rings. The Morgan fingerprint density at radius 1 is 1.43 bits per heavy atom. The fourth-order valence-corrected chi connectivity index (χ4v) is 3.04. The molecule has 21 heavy (non-hydrogen) atoms. The molecule has 1 aromatic heterocycles. The lowest BCUT2D eigenvalue weighted by Gasteiger charge is -2.24. The smallest absolute Gasteiger partial charge is 0.123 e. The van der Waals surface area contributed by atoms with Crippen molar-refractivity contribution in [2.45, 2.75) is 38.3 Å². The van der Waals surface area contributed by atoms with Crippen molar-refractivity contribution in [3.8, 4) is 5.75 Å². The second-order valence-electron chi connectivity index (χ2n) is 5.63. The van der Waals surface area contributed by atoms with Crippen LogP contribution in [0.1, 0.15) is 24.7 Å². The summed E-state index contributed by atoms with van der Waals surface area (Å²) in [5, 5.41) is 3.58. The van der Waals surface area contributed by atoms with E-state index in [9.17, 15) is 0 Å². The van der Waals surface area contributed by atoms with Crippen molar-refractivity contribution < 1.29 is 4.74 Å². The minimum absolute atomic E-state index is 0.225. The first kappa shape index (κ1) is 14.1. The van der Waals surface area contributed by atoms with Crippen LogP contribution in [0.25, 0.3) is 0 Å². The van der Waals surface area contributed by atoms with E-state index in [1.807, 2.05) is 25.5 Å². The zero-order valence-electron chi connectivity index (χ0n) is 12.7. The van der Waals surface area contributed by atoms with Gasteiger partial charge in [0.1, 0.15) is 17.7 Å². The van der Waals surface area contributed by atoms with Crippen LogP contribution in [0.15, 0.2) is 36.7 Å². The number of aryl methyl sites for hydroxylation is 2. The van der Waals surface area contributed by atoms with Crippen LogP contribution in [0.4, 0.5) is 0 Å². The van der Waals surface area contributed by atoms with E-state index >= 15 is 0 Å². The molecule has 4 nitrogen and oxygen atoms in total. The quantitative estimate of drug-likeness (QED) is 0.885. The molecule has 0 spiro atoms. The predicted molar refractivity (Wildman–Crippen MR) is 83.6 cm³/mol. The van der Waals surface area contributed by atoms with E-state index in [1.54, 1.807) is 0 Å². The Kier molecular flexibility index (Phi) is 4.25. The van der Waals surface area contributed by atoms with Crippen LogP contribution < -0.4 is 10.1 Å². The molecule has 0 saturated heterocycles. The maximum Gasteiger partial charge on any atom is 0.123 e. The van der Waals surface area contributed by atoms with E-state index in [0.717, 1.165) is 37.4 Å². The predicted octanol–water partition coefficient (Wildman–Crippen LogP) is 2.33. The molecule has 1 aliphatic heterocycles. The lowest BCUT2D eigenvalue weighted by atomic mass is 10.00. The van der Waals surface area contributed by atoms with Crippen molar-refractivity contribution in [2.24, 2.45) is 7.05 Å². The number of likely N-dealkylation sites (N-methyl/N-ethyl adjacent to an activating group) is 1. The third kappa shape index (κ3) is 3.10. The molecule has 0 bridgehead atoms. The zero-order valence-corrected chi connectivity index (χ0v) is 12.7. The number of nitrogens with zero attached hydrogens (tertiary/aromatic N) is 2. The van der Waals surface area contributed by atoms with E-state index in [0.29, 0.717) is 6.04 Å². The largest absolute Gasteiger partial charge is 0.488 e. The summed E-state index contributed by atoms with van der Waals surface area (Å²) < 4.78 is 8.22. The molecular formula is C17H23N3O. The second kappa shape index (κ2) is 6.31. The summed E-state index contributed by atoms with van der Waals surface area (Å²) in [5.41, 5.74) is 1.32. The molecule has 0 amide bonds. The molecule has 1 aromatic carbocycles. The number of fused-ring (bicyclic) bond motifs is 1. The average molecular weight is 285 g/mol. The first-order valence-electron chi connectivity index (χ1n) is 7.72. The number of nitrogens with one attached hydrogen (secondary N) is 1. The highest BCUT2D eigenvalue weighted by Gasteiger charge is 2.29. The number of aromatic nitrogens is 2. The Morgan fingerprint density at radius 2 is 2.29 bits per heavy atom. The van der Waals surface area contributed by atoms with E-state index in [-0.39, 0.29) is 6.10 Å². The van der Waals surface area contributed by atoms with Gasteiger partial charge in [0.15, 0.2) is 0 Å². The molecule has 2 unspecified atom stereocenters. The van der Waals surface area contributed by atoms with Gasteiger partial charge in [0, 0.05) is 38.3 Å². The molecule has 4 heteroatoms. The number of rotatable bonds is 6. The van der Waals surface area contributed by atoms with Gasteiger partial charge in [0.2, 0.25) is 0 Å². The van der Waals surface area contributed by atoms with Crippen LogP contribution in [-0.4, -0.2) is 28.2 Å². The maximum absolute atomic E-state index is 6.13. The Bertz CT molecular complexity index is 568. The highest BCUT2D eigenvalue weighted by atomic mass is 16.5. The number of ether oxygens (including phenoxy) is 1. The van der Waals surface area contributed by atoms with Crippen molar-refractivity contribution in [2.75, 3.05) is 6.54 Å². The number of imidazole rings is 1. The van der Waals surface area contributed by atoms with E-state index in [4.69, 9.17) is 4.74 Å². The van der Waals surface area contributed by atoms with Gasteiger partial charge in [-0.2, -0.15) is 0 Å². The molecule has 0 saturated carbocycles. The van der Waals surface area contributed by atoms with Crippen LogP contribution in [-0.2, 0) is 19.9 Å². The summed E-state index contributed by atoms with van der Waals surface area (Å²) in [7, 11) is 2.05. The standard InChI is InChI=1S/C17H23N3O/c1-3-18-14(8-9-17-19-10-11-20(17)2)16-12-13-6-4-5-7-15(13)21-16/h4-7,10-11,14,16,18H,3,8-9,12H2,1-2H3. The molecule has 1 aliphatic rings. The van der Waals surface area contributed by atoms with Gasteiger partial charge in [-0.05, 0) is 24.6 Å². The summed E-state index contributed by atoms with van der Waals surface area (Å²) >= 11 is 0. The number of benzene rings is 1. The Hall–Kier alpha value is -1.81. The second-order valence-corrected chi connectivity index (χ2v) is 5.63. The Labute approximate surface area is 126 Å². The van der Waals surface area contributed by atoms with Crippen molar-refractivity contribution >= 4 is 0 Å². The molecular weight excluding hydrogens is 262 g/mol. The monoisotopic (exact) mass is 285 g/mol. The van der Waals surface area contributed by atoms with Gasteiger partial charge in [-0.25, -0.2) is 4.98 Å². The van der Waals surface area contributed by atoms with Gasteiger partial charge >= 0.3 is 0 Å². The highest BCUT2D eigenvalue weighted by molar-refractivity contribution is 5.37. The van der Waals surface area contributed by atoms with Crippen LogP contribution >= 0.6 is 0 Å². The Balaban J connectivity index is 1.64. The van der Waals surface area contributed by atoms with Crippen molar-refractivity contribution in [3.63, 3.8) is 0 Å². The molecule has 0 radical (unpaired) electrons. The van der Waals surface area contributed by atoms with Gasteiger partial charge < -0.3 is 14.6 Å². The van der Waals surface area contributed by atoms with E-state index in [2.05, 4.69) is 40.0 Å². The average Bonchev–Trinajstić information content (AvgIpc) is 3.09. The molecule has 3 rings (SSSR count). The van der Waals surface area contributed by atoms with Gasteiger partial charge in [-0.1, -0.05) is 25.1 Å². The van der Waals surface area contributed by atoms with Gasteiger partial charge in [0.05, 0.1) is 0 Å².